The molecule has 0 saturated heterocycles. The number of ether oxygens (including phenoxy) is 1. The molecule has 3 nitrogen and oxygen atoms in total. The Morgan fingerprint density at radius 2 is 2.27 bits per heavy atom. The van der Waals surface area contributed by atoms with Crippen LogP contribution in [0.4, 0.5) is 0 Å². The van der Waals surface area contributed by atoms with Crippen molar-refractivity contribution in [3.05, 3.63) is 23.8 Å². The van der Waals surface area contributed by atoms with Crippen molar-refractivity contribution < 1.29 is 9.84 Å². The molecule has 0 aliphatic heterocycles. The fourth-order valence-electron chi connectivity index (χ4n) is 1.43. The maximum atomic E-state index is 8.80. The number of methoxy groups -OCH3 is 1. The van der Waals surface area contributed by atoms with E-state index >= 15 is 0 Å². The summed E-state index contributed by atoms with van der Waals surface area (Å²) < 4.78 is 5.27. The van der Waals surface area contributed by atoms with Gasteiger partial charge in [-0.15, -0.1) is 11.8 Å². The maximum absolute atomic E-state index is 8.80. The van der Waals surface area contributed by atoms with Crippen LogP contribution in [0.15, 0.2) is 23.1 Å². The van der Waals surface area contributed by atoms with Gasteiger partial charge < -0.3 is 15.6 Å². The molecule has 15 heavy (non-hydrogen) atoms. The van der Waals surface area contributed by atoms with E-state index in [4.69, 9.17) is 15.6 Å². The molecule has 1 aromatic rings. The summed E-state index contributed by atoms with van der Waals surface area (Å²) >= 11 is 1.59. The molecule has 0 bridgehead atoms. The first-order valence-corrected chi connectivity index (χ1v) is 5.85. The predicted molar refractivity (Wildman–Crippen MR) is 63.4 cm³/mol. The van der Waals surface area contributed by atoms with Gasteiger partial charge in [-0.25, -0.2) is 0 Å². The molecule has 0 aliphatic rings. The summed E-state index contributed by atoms with van der Waals surface area (Å²) in [5.41, 5.74) is 6.92. The Morgan fingerprint density at radius 3 is 2.80 bits per heavy atom. The zero-order valence-electron chi connectivity index (χ0n) is 9.06. The Balaban J connectivity index is 3.02. The van der Waals surface area contributed by atoms with E-state index in [2.05, 4.69) is 0 Å². The highest BCUT2D eigenvalue weighted by Gasteiger charge is 2.12. The monoisotopic (exact) mass is 227 g/mol. The number of thioether (sulfide) groups is 1. The molecule has 0 saturated carbocycles. The minimum atomic E-state index is -0.0673. The first kappa shape index (κ1) is 12.4. The molecule has 3 N–H and O–H groups in total. The largest absolute Gasteiger partial charge is 0.496 e. The van der Waals surface area contributed by atoms with Crippen molar-refractivity contribution in [3.8, 4) is 5.75 Å². The molecule has 0 fully saturated rings. The highest BCUT2D eigenvalue weighted by Crippen LogP contribution is 2.33. The van der Waals surface area contributed by atoms with Gasteiger partial charge in [-0.1, -0.05) is 6.07 Å². The van der Waals surface area contributed by atoms with Gasteiger partial charge in [0.25, 0.3) is 0 Å². The number of nitrogens with two attached hydrogens (primary N) is 1. The number of benzene rings is 1. The van der Waals surface area contributed by atoms with E-state index in [9.17, 15) is 0 Å². The van der Waals surface area contributed by atoms with Crippen LogP contribution in [-0.4, -0.2) is 24.6 Å². The molecule has 0 radical (unpaired) electrons. The highest BCUT2D eigenvalue weighted by atomic mass is 32.2. The lowest BCUT2D eigenvalue weighted by Crippen LogP contribution is -2.08. The van der Waals surface area contributed by atoms with Crippen LogP contribution in [0.5, 0.6) is 5.75 Å². The lowest BCUT2D eigenvalue weighted by molar-refractivity contribution is 0.322. The Labute approximate surface area is 94.6 Å². The third kappa shape index (κ3) is 3.12. The highest BCUT2D eigenvalue weighted by molar-refractivity contribution is 7.99. The standard InChI is InChI=1S/C11H17NO2S/c1-8(12)11-9(14-2)4-3-5-10(11)15-7-6-13/h3-5,8,13H,6-7,12H2,1-2H3/t8-/m1/s1. The Hall–Kier alpha value is -0.710. The topological polar surface area (TPSA) is 55.5 Å². The summed E-state index contributed by atoms with van der Waals surface area (Å²) in [5, 5.41) is 8.80. The summed E-state index contributed by atoms with van der Waals surface area (Å²) in [6.07, 6.45) is 0. The van der Waals surface area contributed by atoms with Gasteiger partial charge in [0.15, 0.2) is 0 Å². The van der Waals surface area contributed by atoms with Crippen molar-refractivity contribution in [1.82, 2.24) is 0 Å². The molecule has 0 aromatic heterocycles. The van der Waals surface area contributed by atoms with Crippen LogP contribution in [0.1, 0.15) is 18.5 Å². The summed E-state index contributed by atoms with van der Waals surface area (Å²) in [6, 6.07) is 5.77. The first-order valence-electron chi connectivity index (χ1n) is 4.86. The average Bonchev–Trinajstić information content (AvgIpc) is 2.25. The van der Waals surface area contributed by atoms with Gasteiger partial charge in [-0.05, 0) is 19.1 Å². The maximum Gasteiger partial charge on any atom is 0.124 e. The van der Waals surface area contributed by atoms with Gasteiger partial charge in [0.2, 0.25) is 0 Å². The van der Waals surface area contributed by atoms with E-state index in [1.54, 1.807) is 18.9 Å². The second-order valence-corrected chi connectivity index (χ2v) is 4.37. The van der Waals surface area contributed by atoms with E-state index in [0.717, 1.165) is 16.2 Å². The van der Waals surface area contributed by atoms with Gasteiger partial charge in [0, 0.05) is 22.3 Å². The van der Waals surface area contributed by atoms with E-state index in [1.165, 1.54) is 0 Å². The second-order valence-electron chi connectivity index (χ2n) is 3.23. The SMILES string of the molecule is COc1cccc(SCCO)c1[C@@H](C)N. The smallest absolute Gasteiger partial charge is 0.124 e. The van der Waals surface area contributed by atoms with Crippen LogP contribution < -0.4 is 10.5 Å². The van der Waals surface area contributed by atoms with Crippen LogP contribution >= 0.6 is 11.8 Å². The molecule has 0 unspecified atom stereocenters. The van der Waals surface area contributed by atoms with E-state index in [-0.39, 0.29) is 12.6 Å². The van der Waals surface area contributed by atoms with Crippen LogP contribution in [0.2, 0.25) is 0 Å². The van der Waals surface area contributed by atoms with Crippen molar-refractivity contribution in [2.45, 2.75) is 17.9 Å². The minimum Gasteiger partial charge on any atom is -0.496 e. The van der Waals surface area contributed by atoms with Crippen LogP contribution in [-0.2, 0) is 0 Å². The third-order valence-corrected chi connectivity index (χ3v) is 3.10. The number of hydrogen-bond donors (Lipinski definition) is 2. The summed E-state index contributed by atoms with van der Waals surface area (Å²) in [5.74, 6) is 1.49. The van der Waals surface area contributed by atoms with Crippen molar-refractivity contribution in [3.63, 3.8) is 0 Å². The lowest BCUT2D eigenvalue weighted by Gasteiger charge is -2.15. The second kappa shape index (κ2) is 6.00. The van der Waals surface area contributed by atoms with Crippen molar-refractivity contribution >= 4 is 11.8 Å². The number of aliphatic hydroxyl groups is 1. The van der Waals surface area contributed by atoms with E-state index in [0.29, 0.717) is 5.75 Å². The van der Waals surface area contributed by atoms with E-state index in [1.807, 2.05) is 25.1 Å². The van der Waals surface area contributed by atoms with Crippen LogP contribution in [0.3, 0.4) is 0 Å². The molecule has 4 heteroatoms. The molecular formula is C11H17NO2S. The first-order chi connectivity index (χ1) is 7.20. The lowest BCUT2D eigenvalue weighted by atomic mass is 10.1. The van der Waals surface area contributed by atoms with Gasteiger partial charge in [0.1, 0.15) is 5.75 Å². The third-order valence-electron chi connectivity index (χ3n) is 2.05. The summed E-state index contributed by atoms with van der Waals surface area (Å²) in [6.45, 7) is 2.10. The molecule has 0 heterocycles. The zero-order valence-corrected chi connectivity index (χ0v) is 9.88. The fraction of sp³-hybridized carbons (Fsp3) is 0.455. The number of aliphatic hydroxyl groups excluding tert-OH is 1. The molecule has 1 aromatic carbocycles. The number of hydrogen-bond acceptors (Lipinski definition) is 4. The predicted octanol–water partition coefficient (Wildman–Crippen LogP) is 1.80. The van der Waals surface area contributed by atoms with Gasteiger partial charge in [-0.2, -0.15) is 0 Å². The van der Waals surface area contributed by atoms with Crippen LogP contribution in [0, 0.1) is 0 Å². The molecule has 0 spiro atoms. The van der Waals surface area contributed by atoms with Crippen molar-refractivity contribution in [2.24, 2.45) is 5.73 Å². The summed E-state index contributed by atoms with van der Waals surface area (Å²) in [4.78, 5) is 1.08. The fourth-order valence-corrected chi connectivity index (χ4v) is 2.36. The molecule has 0 amide bonds. The van der Waals surface area contributed by atoms with Gasteiger partial charge in [0.05, 0.1) is 13.7 Å². The Bertz CT molecular complexity index is 315. The number of rotatable bonds is 5. The van der Waals surface area contributed by atoms with E-state index < -0.39 is 0 Å². The Morgan fingerprint density at radius 1 is 1.53 bits per heavy atom. The molecule has 1 atom stereocenters. The van der Waals surface area contributed by atoms with Gasteiger partial charge >= 0.3 is 0 Å². The molecule has 84 valence electrons. The molecular weight excluding hydrogens is 210 g/mol. The Kier molecular flexibility index (Phi) is 4.94. The molecule has 1 rings (SSSR count). The van der Waals surface area contributed by atoms with Crippen molar-refractivity contribution in [1.29, 1.82) is 0 Å². The normalized spacial score (nSPS) is 12.5. The van der Waals surface area contributed by atoms with Crippen LogP contribution in [0.25, 0.3) is 0 Å². The molecule has 0 aliphatic carbocycles. The van der Waals surface area contributed by atoms with Crippen molar-refractivity contribution in [2.75, 3.05) is 19.5 Å². The minimum absolute atomic E-state index is 0.0673. The summed E-state index contributed by atoms with van der Waals surface area (Å²) in [7, 11) is 1.64. The van der Waals surface area contributed by atoms with Gasteiger partial charge in [-0.3, -0.25) is 0 Å². The quantitative estimate of drug-likeness (QED) is 0.753. The zero-order chi connectivity index (χ0) is 11.3. The average molecular weight is 227 g/mol.